The molecule has 0 bridgehead atoms. The Morgan fingerprint density at radius 3 is 2.95 bits per heavy atom. The van der Waals surface area contributed by atoms with Gasteiger partial charge in [0.05, 0.1) is 6.61 Å². The molecule has 1 aliphatic rings. The summed E-state index contributed by atoms with van der Waals surface area (Å²) < 4.78 is 33.9. The second-order valence-corrected chi connectivity index (χ2v) is 7.29. The Morgan fingerprint density at radius 2 is 2.30 bits per heavy atom. The fourth-order valence-corrected chi connectivity index (χ4v) is 4.16. The molecular formula is C13H19BrN2O3S. The lowest BCUT2D eigenvalue weighted by Gasteiger charge is -2.24. The van der Waals surface area contributed by atoms with E-state index in [1.807, 2.05) is 6.92 Å². The van der Waals surface area contributed by atoms with Crippen LogP contribution in [-0.2, 0) is 10.0 Å². The van der Waals surface area contributed by atoms with E-state index in [0.29, 0.717) is 23.4 Å². The molecule has 1 saturated heterocycles. The van der Waals surface area contributed by atoms with Gasteiger partial charge < -0.3 is 10.1 Å². The maximum atomic E-state index is 12.5. The monoisotopic (exact) mass is 362 g/mol. The van der Waals surface area contributed by atoms with E-state index >= 15 is 0 Å². The summed E-state index contributed by atoms with van der Waals surface area (Å²) in [6, 6.07) is 4.94. The van der Waals surface area contributed by atoms with Gasteiger partial charge in [0.25, 0.3) is 0 Å². The van der Waals surface area contributed by atoms with Gasteiger partial charge in [0.1, 0.15) is 10.6 Å². The zero-order valence-corrected chi connectivity index (χ0v) is 13.8. The van der Waals surface area contributed by atoms with Gasteiger partial charge in [0.15, 0.2) is 0 Å². The highest BCUT2D eigenvalue weighted by atomic mass is 79.9. The van der Waals surface area contributed by atoms with Crippen molar-refractivity contribution < 1.29 is 13.2 Å². The standard InChI is InChI=1S/C13H19BrN2O3S/c1-2-19-12-6-5-10(14)8-13(12)20(17,18)16-11-4-3-7-15-9-11/h5-6,8,11,15-16H,2-4,7,9H2,1H3. The Bertz CT molecular complexity index is 557. The maximum Gasteiger partial charge on any atom is 0.244 e. The third-order valence-corrected chi connectivity index (χ3v) is 5.15. The predicted molar refractivity (Wildman–Crippen MR) is 81.5 cm³/mol. The van der Waals surface area contributed by atoms with Crippen LogP contribution in [0.25, 0.3) is 0 Å². The number of halogens is 1. The van der Waals surface area contributed by atoms with Crippen LogP contribution >= 0.6 is 15.9 Å². The van der Waals surface area contributed by atoms with Gasteiger partial charge in [-0.1, -0.05) is 15.9 Å². The van der Waals surface area contributed by atoms with E-state index in [0.717, 1.165) is 19.4 Å². The van der Waals surface area contributed by atoms with Gasteiger partial charge in [-0.15, -0.1) is 0 Å². The molecule has 2 N–H and O–H groups in total. The average Bonchev–Trinajstić information content (AvgIpc) is 2.41. The molecule has 0 amide bonds. The van der Waals surface area contributed by atoms with Crippen LogP contribution in [0.2, 0.25) is 0 Å². The largest absolute Gasteiger partial charge is 0.492 e. The molecule has 0 saturated carbocycles. The van der Waals surface area contributed by atoms with Crippen LogP contribution in [0.3, 0.4) is 0 Å². The van der Waals surface area contributed by atoms with E-state index in [9.17, 15) is 8.42 Å². The van der Waals surface area contributed by atoms with Gasteiger partial charge in [-0.25, -0.2) is 13.1 Å². The van der Waals surface area contributed by atoms with Gasteiger partial charge in [0.2, 0.25) is 10.0 Å². The molecule has 1 aromatic carbocycles. The summed E-state index contributed by atoms with van der Waals surface area (Å²) in [5, 5.41) is 3.19. The number of ether oxygens (including phenoxy) is 1. The molecule has 1 atom stereocenters. The molecular weight excluding hydrogens is 344 g/mol. The van der Waals surface area contributed by atoms with Crippen molar-refractivity contribution in [1.29, 1.82) is 0 Å². The van der Waals surface area contributed by atoms with Crippen molar-refractivity contribution in [3.05, 3.63) is 22.7 Å². The first-order valence-electron chi connectivity index (χ1n) is 6.68. The van der Waals surface area contributed by atoms with E-state index < -0.39 is 10.0 Å². The van der Waals surface area contributed by atoms with Crippen molar-refractivity contribution in [2.24, 2.45) is 0 Å². The molecule has 0 aliphatic carbocycles. The lowest BCUT2D eigenvalue weighted by Crippen LogP contribution is -2.45. The number of benzene rings is 1. The van der Waals surface area contributed by atoms with Crippen molar-refractivity contribution >= 4 is 26.0 Å². The molecule has 20 heavy (non-hydrogen) atoms. The summed E-state index contributed by atoms with van der Waals surface area (Å²) >= 11 is 3.30. The zero-order chi connectivity index (χ0) is 14.6. The first kappa shape index (κ1) is 15.8. The van der Waals surface area contributed by atoms with Crippen molar-refractivity contribution in [3.63, 3.8) is 0 Å². The third-order valence-electron chi connectivity index (χ3n) is 3.11. The lowest BCUT2D eigenvalue weighted by atomic mass is 10.1. The molecule has 1 fully saturated rings. The Labute approximate surface area is 128 Å². The minimum absolute atomic E-state index is 0.0674. The van der Waals surface area contributed by atoms with Gasteiger partial charge in [0, 0.05) is 17.1 Å². The molecule has 112 valence electrons. The highest BCUT2D eigenvalue weighted by Crippen LogP contribution is 2.28. The van der Waals surface area contributed by atoms with E-state index in [2.05, 4.69) is 26.0 Å². The van der Waals surface area contributed by atoms with Crippen LogP contribution in [0.5, 0.6) is 5.75 Å². The summed E-state index contributed by atoms with van der Waals surface area (Å²) in [6.45, 7) is 3.86. The lowest BCUT2D eigenvalue weighted by molar-refractivity contribution is 0.330. The topological polar surface area (TPSA) is 67.4 Å². The average molecular weight is 363 g/mol. The number of hydrogen-bond donors (Lipinski definition) is 2. The molecule has 1 aromatic rings. The number of rotatable bonds is 5. The van der Waals surface area contributed by atoms with Crippen molar-refractivity contribution in [2.45, 2.75) is 30.7 Å². The molecule has 0 aromatic heterocycles. The van der Waals surface area contributed by atoms with Crippen LogP contribution in [0.15, 0.2) is 27.6 Å². The van der Waals surface area contributed by atoms with Crippen LogP contribution in [0, 0.1) is 0 Å². The maximum absolute atomic E-state index is 12.5. The van der Waals surface area contributed by atoms with Crippen LogP contribution in [0.1, 0.15) is 19.8 Å². The Balaban J connectivity index is 2.25. The number of sulfonamides is 1. The van der Waals surface area contributed by atoms with Crippen molar-refractivity contribution in [3.8, 4) is 5.75 Å². The molecule has 1 heterocycles. The predicted octanol–water partition coefficient (Wildman–Crippen LogP) is 1.88. The molecule has 0 spiro atoms. The fraction of sp³-hybridized carbons (Fsp3) is 0.538. The van der Waals surface area contributed by atoms with Crippen LogP contribution in [-0.4, -0.2) is 34.2 Å². The SMILES string of the molecule is CCOc1ccc(Br)cc1S(=O)(=O)NC1CCCNC1. The fourth-order valence-electron chi connectivity index (χ4n) is 2.20. The van der Waals surface area contributed by atoms with E-state index in [4.69, 9.17) is 4.74 Å². The first-order chi connectivity index (χ1) is 9.53. The van der Waals surface area contributed by atoms with Gasteiger partial charge in [-0.2, -0.15) is 0 Å². The highest BCUT2D eigenvalue weighted by molar-refractivity contribution is 9.10. The van der Waals surface area contributed by atoms with E-state index in [-0.39, 0.29) is 10.9 Å². The molecule has 1 unspecified atom stereocenters. The normalized spacial score (nSPS) is 19.8. The second kappa shape index (κ2) is 6.89. The van der Waals surface area contributed by atoms with Crippen LogP contribution in [0.4, 0.5) is 0 Å². The number of piperidine rings is 1. The van der Waals surface area contributed by atoms with E-state index in [1.165, 1.54) is 0 Å². The number of hydrogen-bond acceptors (Lipinski definition) is 4. The third kappa shape index (κ3) is 3.94. The molecule has 0 radical (unpaired) electrons. The Morgan fingerprint density at radius 1 is 1.50 bits per heavy atom. The highest BCUT2D eigenvalue weighted by Gasteiger charge is 2.25. The van der Waals surface area contributed by atoms with Gasteiger partial charge >= 0.3 is 0 Å². The molecule has 1 aliphatic heterocycles. The quantitative estimate of drug-likeness (QED) is 0.838. The molecule has 7 heteroatoms. The summed E-state index contributed by atoms with van der Waals surface area (Å²) in [5.74, 6) is 0.381. The zero-order valence-electron chi connectivity index (χ0n) is 11.4. The minimum atomic E-state index is -3.58. The summed E-state index contributed by atoms with van der Waals surface area (Å²) in [7, 11) is -3.58. The van der Waals surface area contributed by atoms with E-state index in [1.54, 1.807) is 18.2 Å². The van der Waals surface area contributed by atoms with Crippen molar-refractivity contribution in [2.75, 3.05) is 19.7 Å². The summed E-state index contributed by atoms with van der Waals surface area (Å²) in [4.78, 5) is 0.180. The molecule has 2 rings (SSSR count). The van der Waals surface area contributed by atoms with Gasteiger partial charge in [-0.05, 0) is 44.5 Å². The Kier molecular flexibility index (Phi) is 5.42. The number of nitrogens with one attached hydrogen (secondary N) is 2. The second-order valence-electron chi connectivity index (χ2n) is 4.69. The van der Waals surface area contributed by atoms with Crippen LogP contribution < -0.4 is 14.8 Å². The van der Waals surface area contributed by atoms with Crippen molar-refractivity contribution in [1.82, 2.24) is 10.0 Å². The summed E-state index contributed by atoms with van der Waals surface area (Å²) in [6.07, 6.45) is 1.83. The summed E-state index contributed by atoms with van der Waals surface area (Å²) in [5.41, 5.74) is 0. The minimum Gasteiger partial charge on any atom is -0.492 e. The van der Waals surface area contributed by atoms with Gasteiger partial charge in [-0.3, -0.25) is 0 Å². The molecule has 5 nitrogen and oxygen atoms in total. The first-order valence-corrected chi connectivity index (χ1v) is 8.96. The smallest absolute Gasteiger partial charge is 0.244 e. The Hall–Kier alpha value is -0.630.